The molecule has 0 radical (unpaired) electrons. The van der Waals surface area contributed by atoms with Gasteiger partial charge in [-0.2, -0.15) is 0 Å². The minimum atomic E-state index is -1.35. The van der Waals surface area contributed by atoms with Crippen molar-refractivity contribution in [3.63, 3.8) is 0 Å². The molecule has 1 nitrogen and oxygen atoms in total. The van der Waals surface area contributed by atoms with E-state index in [1.165, 1.54) is 5.56 Å². The van der Waals surface area contributed by atoms with Crippen LogP contribution in [0.5, 0.6) is 0 Å². The van der Waals surface area contributed by atoms with E-state index in [0.29, 0.717) is 0 Å². The largest absolute Gasteiger partial charge is 0.248 e. The van der Waals surface area contributed by atoms with Crippen LogP contribution >= 0.6 is 15.9 Å². The standard InChI is InChI=1S/C14H20BrNSi/c1-14(2,3)12-7-9-16-13(15)11(12)8-10-17(4,5)6/h7,9H,1-6H3. The van der Waals surface area contributed by atoms with Crippen LogP contribution in [0.3, 0.4) is 0 Å². The van der Waals surface area contributed by atoms with E-state index in [4.69, 9.17) is 0 Å². The van der Waals surface area contributed by atoms with Crippen LogP contribution in [0.4, 0.5) is 0 Å². The number of hydrogen-bond acceptors (Lipinski definition) is 1. The summed E-state index contributed by atoms with van der Waals surface area (Å²) in [5.74, 6) is 3.33. The summed E-state index contributed by atoms with van der Waals surface area (Å²) in [5, 5.41) is 0. The summed E-state index contributed by atoms with van der Waals surface area (Å²) in [6.07, 6.45) is 1.84. The lowest BCUT2D eigenvalue weighted by atomic mass is 9.85. The summed E-state index contributed by atoms with van der Waals surface area (Å²) in [4.78, 5) is 4.28. The Kier molecular flexibility index (Phi) is 4.22. The van der Waals surface area contributed by atoms with Crippen molar-refractivity contribution >= 4 is 24.0 Å². The fourth-order valence-corrected chi connectivity index (χ4v) is 2.36. The predicted molar refractivity (Wildman–Crippen MR) is 80.9 cm³/mol. The Hall–Kier alpha value is -0.593. The third-order valence-electron chi connectivity index (χ3n) is 2.28. The van der Waals surface area contributed by atoms with E-state index in [1.54, 1.807) is 0 Å². The maximum absolute atomic E-state index is 4.28. The Morgan fingerprint density at radius 2 is 1.82 bits per heavy atom. The molecular formula is C14H20BrNSi. The predicted octanol–water partition coefficient (Wildman–Crippen LogP) is 4.37. The van der Waals surface area contributed by atoms with Gasteiger partial charge in [-0.1, -0.05) is 46.3 Å². The molecule has 0 unspecified atom stereocenters. The van der Waals surface area contributed by atoms with E-state index in [0.717, 1.165) is 10.2 Å². The highest BCUT2D eigenvalue weighted by atomic mass is 79.9. The van der Waals surface area contributed by atoms with E-state index >= 15 is 0 Å². The molecule has 0 atom stereocenters. The van der Waals surface area contributed by atoms with Crippen LogP contribution in [0.1, 0.15) is 31.9 Å². The maximum Gasteiger partial charge on any atom is 0.129 e. The van der Waals surface area contributed by atoms with Gasteiger partial charge in [0.05, 0.1) is 5.56 Å². The molecule has 0 aliphatic rings. The van der Waals surface area contributed by atoms with Crippen LogP contribution < -0.4 is 0 Å². The van der Waals surface area contributed by atoms with Crippen LogP contribution in [0.25, 0.3) is 0 Å². The van der Waals surface area contributed by atoms with Gasteiger partial charge in [-0.3, -0.25) is 0 Å². The molecule has 0 aliphatic heterocycles. The second-order valence-electron chi connectivity index (χ2n) is 6.27. The first-order chi connectivity index (χ1) is 7.61. The minimum absolute atomic E-state index is 0.0922. The number of halogens is 1. The molecule has 0 saturated carbocycles. The van der Waals surface area contributed by atoms with E-state index in [9.17, 15) is 0 Å². The normalized spacial score (nSPS) is 11.9. The smallest absolute Gasteiger partial charge is 0.129 e. The van der Waals surface area contributed by atoms with Crippen molar-refractivity contribution in [3.05, 3.63) is 28.0 Å². The van der Waals surface area contributed by atoms with E-state index in [2.05, 4.69) is 78.9 Å². The summed E-state index contributed by atoms with van der Waals surface area (Å²) < 4.78 is 0.857. The van der Waals surface area contributed by atoms with Crippen LogP contribution in [-0.4, -0.2) is 13.1 Å². The van der Waals surface area contributed by atoms with E-state index in [1.807, 2.05) is 6.20 Å². The van der Waals surface area contributed by atoms with Gasteiger partial charge in [0.2, 0.25) is 0 Å². The molecule has 0 fully saturated rings. The summed E-state index contributed by atoms with van der Waals surface area (Å²) >= 11 is 3.51. The maximum atomic E-state index is 4.28. The topological polar surface area (TPSA) is 12.9 Å². The molecule has 1 heterocycles. The zero-order valence-electron chi connectivity index (χ0n) is 11.5. The molecule has 0 N–H and O–H groups in total. The first kappa shape index (κ1) is 14.5. The van der Waals surface area contributed by atoms with Crippen molar-refractivity contribution < 1.29 is 0 Å². The molecule has 0 spiro atoms. The molecule has 17 heavy (non-hydrogen) atoms. The number of pyridine rings is 1. The summed E-state index contributed by atoms with van der Waals surface area (Å²) in [6.45, 7) is 13.4. The first-order valence-corrected chi connectivity index (χ1v) is 10.1. The lowest BCUT2D eigenvalue weighted by Crippen LogP contribution is -2.17. The van der Waals surface area contributed by atoms with E-state index in [-0.39, 0.29) is 5.41 Å². The van der Waals surface area contributed by atoms with Crippen molar-refractivity contribution in [2.75, 3.05) is 0 Å². The van der Waals surface area contributed by atoms with Gasteiger partial charge in [-0.05, 0) is 33.0 Å². The van der Waals surface area contributed by atoms with Gasteiger partial charge < -0.3 is 0 Å². The number of aromatic nitrogens is 1. The Morgan fingerprint density at radius 1 is 1.24 bits per heavy atom. The lowest BCUT2D eigenvalue weighted by molar-refractivity contribution is 0.587. The average molecular weight is 310 g/mol. The van der Waals surface area contributed by atoms with Crippen molar-refractivity contribution in [3.8, 4) is 11.5 Å². The average Bonchev–Trinajstić information content (AvgIpc) is 2.12. The van der Waals surface area contributed by atoms with Crippen molar-refractivity contribution in [2.24, 2.45) is 0 Å². The monoisotopic (exact) mass is 309 g/mol. The number of hydrogen-bond donors (Lipinski definition) is 0. The molecule has 0 aromatic carbocycles. The molecule has 3 heteroatoms. The summed E-state index contributed by atoms with van der Waals surface area (Å²) in [7, 11) is -1.35. The van der Waals surface area contributed by atoms with Gasteiger partial charge in [-0.25, -0.2) is 4.98 Å². The molecule has 92 valence electrons. The molecule has 1 aromatic rings. The molecule has 0 bridgehead atoms. The van der Waals surface area contributed by atoms with Gasteiger partial charge in [0.25, 0.3) is 0 Å². The lowest BCUT2D eigenvalue weighted by Gasteiger charge is -2.21. The number of nitrogens with zero attached hydrogens (tertiary/aromatic N) is 1. The van der Waals surface area contributed by atoms with Crippen LogP contribution in [0.2, 0.25) is 19.6 Å². The fourth-order valence-electron chi connectivity index (χ4n) is 1.43. The van der Waals surface area contributed by atoms with Crippen molar-refractivity contribution in [1.29, 1.82) is 0 Å². The van der Waals surface area contributed by atoms with Crippen molar-refractivity contribution in [1.82, 2.24) is 4.98 Å². The van der Waals surface area contributed by atoms with Crippen LogP contribution in [-0.2, 0) is 5.41 Å². The summed E-state index contributed by atoms with van der Waals surface area (Å²) in [6, 6.07) is 2.07. The first-order valence-electron chi connectivity index (χ1n) is 5.79. The third kappa shape index (κ3) is 4.29. The van der Waals surface area contributed by atoms with Gasteiger partial charge >= 0.3 is 0 Å². The molecule has 0 amide bonds. The van der Waals surface area contributed by atoms with E-state index < -0.39 is 8.07 Å². The molecular weight excluding hydrogens is 290 g/mol. The molecule has 0 aliphatic carbocycles. The second-order valence-corrected chi connectivity index (χ2v) is 11.8. The second kappa shape index (κ2) is 4.95. The molecule has 1 aromatic heterocycles. The Morgan fingerprint density at radius 3 is 2.29 bits per heavy atom. The zero-order chi connectivity index (χ0) is 13.3. The highest BCUT2D eigenvalue weighted by molar-refractivity contribution is 9.10. The Bertz CT molecular complexity index is 470. The van der Waals surface area contributed by atoms with Crippen LogP contribution in [0, 0.1) is 11.5 Å². The number of rotatable bonds is 0. The highest BCUT2D eigenvalue weighted by Gasteiger charge is 2.19. The third-order valence-corrected chi connectivity index (χ3v) is 3.75. The van der Waals surface area contributed by atoms with Crippen molar-refractivity contribution in [2.45, 2.75) is 45.8 Å². The Balaban J connectivity index is 3.36. The SMILES string of the molecule is CC(C)(C)c1ccnc(Br)c1C#C[Si](C)(C)C. The van der Waals surface area contributed by atoms with Gasteiger partial charge in [0.1, 0.15) is 12.7 Å². The zero-order valence-corrected chi connectivity index (χ0v) is 14.1. The van der Waals surface area contributed by atoms with Gasteiger partial charge in [0.15, 0.2) is 0 Å². The minimum Gasteiger partial charge on any atom is -0.248 e. The molecule has 1 rings (SSSR count). The van der Waals surface area contributed by atoms with Gasteiger partial charge in [0, 0.05) is 6.20 Å². The fraction of sp³-hybridized carbons (Fsp3) is 0.500. The molecule has 0 saturated heterocycles. The van der Waals surface area contributed by atoms with Gasteiger partial charge in [-0.15, -0.1) is 5.54 Å². The quantitative estimate of drug-likeness (QED) is 0.394. The summed E-state index contributed by atoms with van der Waals surface area (Å²) in [5.41, 5.74) is 5.80. The highest BCUT2D eigenvalue weighted by Crippen LogP contribution is 2.28. The Labute approximate surface area is 114 Å². The van der Waals surface area contributed by atoms with Crippen LogP contribution in [0.15, 0.2) is 16.9 Å².